The molecule has 1 N–H and O–H groups in total. The maximum absolute atomic E-state index is 12.6. The molecule has 0 fully saturated rings. The van der Waals surface area contributed by atoms with Crippen molar-refractivity contribution in [2.75, 3.05) is 20.3 Å². The minimum atomic E-state index is -0.522. The van der Waals surface area contributed by atoms with E-state index in [9.17, 15) is 14.4 Å². The van der Waals surface area contributed by atoms with E-state index >= 15 is 0 Å². The molecule has 0 unspecified atom stereocenters. The third kappa shape index (κ3) is 5.08. The highest BCUT2D eigenvalue weighted by molar-refractivity contribution is 5.99. The van der Waals surface area contributed by atoms with Crippen molar-refractivity contribution < 1.29 is 19.1 Å². The molecule has 31 heavy (non-hydrogen) atoms. The summed E-state index contributed by atoms with van der Waals surface area (Å²) >= 11 is 0. The molecule has 0 saturated heterocycles. The number of H-pyrrole nitrogens is 1. The summed E-state index contributed by atoms with van der Waals surface area (Å²) in [6, 6.07) is 8.90. The van der Waals surface area contributed by atoms with E-state index in [1.165, 1.54) is 0 Å². The first kappa shape index (κ1) is 22.4. The average Bonchev–Trinajstić information content (AvgIpc) is 3.04. The number of benzene rings is 1. The standard InChI is InChI=1S/C23H27N3O5/c1-14-11-18(16(3)26(14)15(2)12-30-4)20(27)13-31-22(28)10-9-21-24-19-8-6-5-7-17(19)23(29)25-21/h5-8,11,15H,9-10,12-13H2,1-4H3,(H,24,25,29)/t15-/m1/s1. The summed E-state index contributed by atoms with van der Waals surface area (Å²) in [5.74, 6) is -0.372. The maximum atomic E-state index is 12.6. The molecule has 2 aromatic heterocycles. The Kier molecular flexibility index (Phi) is 7.02. The van der Waals surface area contributed by atoms with E-state index < -0.39 is 5.97 Å². The maximum Gasteiger partial charge on any atom is 0.306 e. The van der Waals surface area contributed by atoms with Crippen LogP contribution in [0.15, 0.2) is 35.1 Å². The second kappa shape index (κ2) is 9.70. The number of aromatic amines is 1. The summed E-state index contributed by atoms with van der Waals surface area (Å²) in [6.07, 6.45) is 0.231. The predicted octanol–water partition coefficient (Wildman–Crippen LogP) is 2.91. The molecule has 2 heterocycles. The van der Waals surface area contributed by atoms with Gasteiger partial charge in [0, 0.05) is 30.5 Å². The topological polar surface area (TPSA) is 103 Å². The number of methoxy groups -OCH3 is 1. The minimum absolute atomic E-state index is 0.0124. The van der Waals surface area contributed by atoms with Crippen LogP contribution in [0.2, 0.25) is 0 Å². The monoisotopic (exact) mass is 425 g/mol. The van der Waals surface area contributed by atoms with Crippen LogP contribution in [-0.4, -0.2) is 46.6 Å². The van der Waals surface area contributed by atoms with E-state index in [1.54, 1.807) is 37.4 Å². The Balaban J connectivity index is 1.58. The normalized spacial score (nSPS) is 12.1. The molecule has 8 nitrogen and oxygen atoms in total. The van der Waals surface area contributed by atoms with Crippen molar-refractivity contribution in [2.45, 2.75) is 39.7 Å². The fraction of sp³-hybridized carbons (Fsp3) is 0.391. The molecule has 1 aromatic carbocycles. The summed E-state index contributed by atoms with van der Waals surface area (Å²) in [5, 5.41) is 0.497. The molecule has 0 amide bonds. The number of esters is 1. The van der Waals surface area contributed by atoms with Crippen LogP contribution in [0.25, 0.3) is 10.9 Å². The summed E-state index contributed by atoms with van der Waals surface area (Å²) in [7, 11) is 1.64. The van der Waals surface area contributed by atoms with Gasteiger partial charge in [0.1, 0.15) is 5.82 Å². The highest BCUT2D eigenvalue weighted by atomic mass is 16.5. The molecule has 3 aromatic rings. The van der Waals surface area contributed by atoms with Gasteiger partial charge in [-0.3, -0.25) is 14.4 Å². The fourth-order valence-corrected chi connectivity index (χ4v) is 3.82. The van der Waals surface area contributed by atoms with Crippen molar-refractivity contribution in [3.8, 4) is 0 Å². The zero-order valence-electron chi connectivity index (χ0n) is 18.2. The van der Waals surface area contributed by atoms with Gasteiger partial charge in [-0.15, -0.1) is 0 Å². The number of nitrogens with one attached hydrogen (secondary N) is 1. The smallest absolute Gasteiger partial charge is 0.306 e. The van der Waals surface area contributed by atoms with E-state index in [2.05, 4.69) is 9.97 Å². The number of carbonyl (C=O) groups is 2. The van der Waals surface area contributed by atoms with Crippen molar-refractivity contribution in [3.63, 3.8) is 0 Å². The van der Waals surface area contributed by atoms with Gasteiger partial charge in [0.25, 0.3) is 5.56 Å². The van der Waals surface area contributed by atoms with Gasteiger partial charge in [0.05, 0.1) is 30.0 Å². The van der Waals surface area contributed by atoms with E-state index in [-0.39, 0.29) is 36.8 Å². The lowest BCUT2D eigenvalue weighted by atomic mass is 10.1. The molecule has 0 radical (unpaired) electrons. The number of rotatable bonds is 9. The zero-order valence-corrected chi connectivity index (χ0v) is 18.2. The second-order valence-electron chi connectivity index (χ2n) is 7.57. The number of nitrogens with zero attached hydrogens (tertiary/aromatic N) is 2. The van der Waals surface area contributed by atoms with Gasteiger partial charge in [-0.2, -0.15) is 0 Å². The van der Waals surface area contributed by atoms with Crippen molar-refractivity contribution in [1.29, 1.82) is 0 Å². The summed E-state index contributed by atoms with van der Waals surface area (Å²) < 4.78 is 12.4. The molecule has 0 spiro atoms. The highest BCUT2D eigenvalue weighted by Crippen LogP contribution is 2.21. The lowest BCUT2D eigenvalue weighted by Gasteiger charge is -2.17. The Hall–Kier alpha value is -3.26. The van der Waals surface area contributed by atoms with Gasteiger partial charge in [-0.1, -0.05) is 12.1 Å². The Morgan fingerprint density at radius 2 is 1.97 bits per heavy atom. The SMILES string of the molecule is COC[C@@H](C)n1c(C)cc(C(=O)COC(=O)CCc2nc3ccccc3c(=O)[nH]2)c1C. The Labute approximate surface area is 180 Å². The van der Waals surface area contributed by atoms with Gasteiger partial charge in [-0.05, 0) is 39.0 Å². The summed E-state index contributed by atoms with van der Waals surface area (Å²) in [6.45, 7) is 6.02. The third-order valence-corrected chi connectivity index (χ3v) is 5.23. The first-order chi connectivity index (χ1) is 14.8. The number of para-hydroxylation sites is 1. The first-order valence-corrected chi connectivity index (χ1v) is 10.2. The van der Waals surface area contributed by atoms with Gasteiger partial charge in [0.2, 0.25) is 5.78 Å². The molecule has 164 valence electrons. The molecule has 0 aliphatic heterocycles. The number of aryl methyl sites for hydroxylation is 2. The molecule has 0 aliphatic carbocycles. The van der Waals surface area contributed by atoms with E-state index in [4.69, 9.17) is 9.47 Å². The molecule has 3 rings (SSSR count). The predicted molar refractivity (Wildman–Crippen MR) is 116 cm³/mol. The van der Waals surface area contributed by atoms with Crippen LogP contribution < -0.4 is 5.56 Å². The molecule has 0 aliphatic rings. The van der Waals surface area contributed by atoms with E-state index in [0.717, 1.165) is 11.4 Å². The van der Waals surface area contributed by atoms with Crippen LogP contribution in [-0.2, 0) is 20.7 Å². The van der Waals surface area contributed by atoms with Crippen LogP contribution in [0, 0.1) is 13.8 Å². The van der Waals surface area contributed by atoms with Gasteiger partial charge in [0.15, 0.2) is 6.61 Å². The average molecular weight is 425 g/mol. The Bertz CT molecular complexity index is 1160. The van der Waals surface area contributed by atoms with Crippen molar-refractivity contribution in [3.05, 3.63) is 63.5 Å². The molecule has 1 atom stereocenters. The van der Waals surface area contributed by atoms with Crippen molar-refractivity contribution in [2.24, 2.45) is 0 Å². The van der Waals surface area contributed by atoms with Crippen LogP contribution >= 0.6 is 0 Å². The van der Waals surface area contributed by atoms with Crippen LogP contribution in [0.1, 0.15) is 47.0 Å². The van der Waals surface area contributed by atoms with E-state index in [1.807, 2.05) is 25.3 Å². The van der Waals surface area contributed by atoms with Gasteiger partial charge >= 0.3 is 5.97 Å². The number of Topliss-reactive ketones (excluding diaryl/α,β-unsaturated/α-hetero) is 1. The van der Waals surface area contributed by atoms with E-state index in [0.29, 0.717) is 28.9 Å². The molecular weight excluding hydrogens is 398 g/mol. The Morgan fingerprint density at radius 1 is 1.23 bits per heavy atom. The number of hydrogen-bond acceptors (Lipinski definition) is 6. The molecule has 8 heteroatoms. The first-order valence-electron chi connectivity index (χ1n) is 10.2. The second-order valence-corrected chi connectivity index (χ2v) is 7.57. The largest absolute Gasteiger partial charge is 0.457 e. The lowest BCUT2D eigenvalue weighted by Crippen LogP contribution is -2.18. The van der Waals surface area contributed by atoms with Gasteiger partial charge in [-0.25, -0.2) is 4.98 Å². The number of hydrogen-bond donors (Lipinski definition) is 1. The number of aromatic nitrogens is 3. The van der Waals surface area contributed by atoms with Crippen molar-refractivity contribution >= 4 is 22.7 Å². The van der Waals surface area contributed by atoms with Crippen LogP contribution in [0.4, 0.5) is 0 Å². The molecular formula is C23H27N3O5. The summed E-state index contributed by atoms with van der Waals surface area (Å²) in [4.78, 5) is 43.9. The van der Waals surface area contributed by atoms with Crippen LogP contribution in [0.3, 0.4) is 0 Å². The number of ether oxygens (including phenoxy) is 2. The Morgan fingerprint density at radius 3 is 2.71 bits per heavy atom. The number of ketones is 1. The molecule has 0 bridgehead atoms. The lowest BCUT2D eigenvalue weighted by molar-refractivity contribution is -0.142. The summed E-state index contributed by atoms with van der Waals surface area (Å²) in [5.41, 5.74) is 2.63. The van der Waals surface area contributed by atoms with Gasteiger partial charge < -0.3 is 19.0 Å². The number of carbonyl (C=O) groups excluding carboxylic acids is 2. The zero-order chi connectivity index (χ0) is 22.5. The third-order valence-electron chi connectivity index (χ3n) is 5.23. The fourth-order valence-electron chi connectivity index (χ4n) is 3.82. The van der Waals surface area contributed by atoms with Crippen molar-refractivity contribution in [1.82, 2.24) is 14.5 Å². The quantitative estimate of drug-likeness (QED) is 0.418. The minimum Gasteiger partial charge on any atom is -0.457 e. The highest BCUT2D eigenvalue weighted by Gasteiger charge is 2.20. The number of fused-ring (bicyclic) bond motifs is 1. The van der Waals surface area contributed by atoms with Crippen LogP contribution in [0.5, 0.6) is 0 Å². The molecule has 0 saturated carbocycles.